The van der Waals surface area contributed by atoms with E-state index >= 15 is 0 Å². The van der Waals surface area contributed by atoms with E-state index in [1.807, 2.05) is 4.90 Å². The molecule has 3 aromatic rings. The van der Waals surface area contributed by atoms with Crippen LogP contribution in [0.15, 0.2) is 42.0 Å². The molecule has 1 aliphatic heterocycles. The Morgan fingerprint density at radius 1 is 1.28 bits per heavy atom. The predicted molar refractivity (Wildman–Crippen MR) is 121 cm³/mol. The largest absolute Gasteiger partial charge is 0.478 e. The highest BCUT2D eigenvalue weighted by atomic mass is 32.1. The van der Waals surface area contributed by atoms with E-state index in [9.17, 15) is 14.0 Å². The lowest BCUT2D eigenvalue weighted by atomic mass is 9.96. The SMILES string of the molecule is NCC1CCN(c2c(F)cccc2NC(=O)c2csc(-c3cncc(C(=O)O)c3)n2)CC1. The molecule has 0 saturated carbocycles. The Kier molecular flexibility index (Phi) is 6.42. The van der Waals surface area contributed by atoms with Crippen LogP contribution in [0.2, 0.25) is 0 Å². The van der Waals surface area contributed by atoms with Crippen molar-refractivity contribution < 1.29 is 19.1 Å². The minimum absolute atomic E-state index is 0.0338. The van der Waals surface area contributed by atoms with Gasteiger partial charge in [0.2, 0.25) is 0 Å². The second-order valence-electron chi connectivity index (χ2n) is 7.56. The smallest absolute Gasteiger partial charge is 0.337 e. The van der Waals surface area contributed by atoms with Gasteiger partial charge in [0.1, 0.15) is 16.5 Å². The van der Waals surface area contributed by atoms with Crippen LogP contribution in [0.25, 0.3) is 10.6 Å². The van der Waals surface area contributed by atoms with Crippen molar-refractivity contribution in [2.24, 2.45) is 11.7 Å². The molecule has 4 N–H and O–H groups in total. The van der Waals surface area contributed by atoms with E-state index in [-0.39, 0.29) is 11.3 Å². The maximum Gasteiger partial charge on any atom is 0.337 e. The van der Waals surface area contributed by atoms with Gasteiger partial charge in [0, 0.05) is 36.4 Å². The van der Waals surface area contributed by atoms with E-state index in [1.165, 1.54) is 35.9 Å². The van der Waals surface area contributed by atoms with Crippen LogP contribution < -0.4 is 16.0 Å². The first kappa shape index (κ1) is 21.8. The number of para-hydroxylation sites is 1. The number of carboxylic acid groups (broad SMARTS) is 1. The number of aromatic carboxylic acids is 1. The third kappa shape index (κ3) is 4.61. The molecule has 3 heterocycles. The average molecular weight is 456 g/mol. The molecule has 1 fully saturated rings. The van der Waals surface area contributed by atoms with Crippen LogP contribution in [0.3, 0.4) is 0 Å². The van der Waals surface area contributed by atoms with Crippen molar-refractivity contribution in [3.63, 3.8) is 0 Å². The quantitative estimate of drug-likeness (QED) is 0.520. The Balaban J connectivity index is 1.54. The number of nitrogens with two attached hydrogens (primary N) is 1. The van der Waals surface area contributed by atoms with Crippen LogP contribution in [0.1, 0.15) is 33.7 Å². The van der Waals surface area contributed by atoms with Crippen LogP contribution >= 0.6 is 11.3 Å². The summed E-state index contributed by atoms with van der Waals surface area (Å²) in [4.78, 5) is 34.2. The molecule has 4 rings (SSSR count). The summed E-state index contributed by atoms with van der Waals surface area (Å²) in [6.45, 7) is 1.95. The van der Waals surface area contributed by atoms with E-state index < -0.39 is 17.7 Å². The summed E-state index contributed by atoms with van der Waals surface area (Å²) in [6.07, 6.45) is 4.48. The number of hydrogen-bond donors (Lipinski definition) is 3. The van der Waals surface area contributed by atoms with Gasteiger partial charge in [0.15, 0.2) is 0 Å². The molecule has 0 bridgehead atoms. The maximum atomic E-state index is 14.7. The minimum Gasteiger partial charge on any atom is -0.478 e. The summed E-state index contributed by atoms with van der Waals surface area (Å²) in [5.74, 6) is -1.54. The van der Waals surface area contributed by atoms with Crippen LogP contribution in [0, 0.1) is 11.7 Å². The number of nitrogens with one attached hydrogen (secondary N) is 1. The van der Waals surface area contributed by atoms with Crippen molar-refractivity contribution in [1.29, 1.82) is 0 Å². The van der Waals surface area contributed by atoms with E-state index in [0.717, 1.165) is 12.8 Å². The van der Waals surface area contributed by atoms with Crippen molar-refractivity contribution >= 4 is 34.6 Å². The van der Waals surface area contributed by atoms with E-state index in [2.05, 4.69) is 15.3 Å². The van der Waals surface area contributed by atoms with Gasteiger partial charge in [-0.05, 0) is 43.5 Å². The number of thiazole rings is 1. The molecule has 1 saturated heterocycles. The highest BCUT2D eigenvalue weighted by molar-refractivity contribution is 7.13. The van der Waals surface area contributed by atoms with Crippen molar-refractivity contribution in [2.75, 3.05) is 29.9 Å². The van der Waals surface area contributed by atoms with Crippen LogP contribution in [0.5, 0.6) is 0 Å². The van der Waals surface area contributed by atoms with Gasteiger partial charge in [-0.25, -0.2) is 14.2 Å². The fourth-order valence-electron chi connectivity index (χ4n) is 3.70. The zero-order chi connectivity index (χ0) is 22.7. The average Bonchev–Trinajstić information content (AvgIpc) is 3.30. The molecule has 32 heavy (non-hydrogen) atoms. The third-order valence-electron chi connectivity index (χ3n) is 5.47. The number of pyridine rings is 1. The molecular formula is C22H22FN5O3S. The number of amides is 1. The molecule has 2 aromatic heterocycles. The second-order valence-corrected chi connectivity index (χ2v) is 8.42. The van der Waals surface area contributed by atoms with Crippen molar-refractivity contribution in [1.82, 2.24) is 9.97 Å². The van der Waals surface area contributed by atoms with Gasteiger partial charge in [-0.1, -0.05) is 6.07 Å². The number of carbonyl (C=O) groups is 2. The molecule has 166 valence electrons. The number of piperidine rings is 1. The zero-order valence-electron chi connectivity index (χ0n) is 17.1. The summed E-state index contributed by atoms with van der Waals surface area (Å²) in [5.41, 5.74) is 7.19. The van der Waals surface area contributed by atoms with Gasteiger partial charge in [-0.15, -0.1) is 11.3 Å². The van der Waals surface area contributed by atoms with Gasteiger partial charge in [0.25, 0.3) is 5.91 Å². The van der Waals surface area contributed by atoms with E-state index in [0.29, 0.717) is 47.5 Å². The standard InChI is InChI=1S/C22H22FN5O3S/c23-16-2-1-3-17(19(16)28-6-4-13(9-24)5-7-28)26-20(29)18-12-32-21(27-18)14-8-15(22(30)31)11-25-10-14/h1-3,8,10-13H,4-7,9,24H2,(H,26,29)(H,30,31). The lowest BCUT2D eigenvalue weighted by Crippen LogP contribution is -2.37. The number of aromatic nitrogens is 2. The van der Waals surface area contributed by atoms with Crippen molar-refractivity contribution in [3.8, 4) is 10.6 Å². The van der Waals surface area contributed by atoms with Crippen LogP contribution in [-0.4, -0.2) is 46.6 Å². The zero-order valence-corrected chi connectivity index (χ0v) is 17.9. The summed E-state index contributed by atoms with van der Waals surface area (Å²) < 4.78 is 14.7. The molecule has 8 nitrogen and oxygen atoms in total. The van der Waals surface area contributed by atoms with E-state index in [1.54, 1.807) is 17.5 Å². The predicted octanol–water partition coefficient (Wildman–Crippen LogP) is 3.47. The molecule has 1 aliphatic rings. The number of hydrogen-bond acceptors (Lipinski definition) is 7. The molecule has 0 unspecified atom stereocenters. The summed E-state index contributed by atoms with van der Waals surface area (Å²) in [7, 11) is 0. The Morgan fingerprint density at radius 2 is 2.06 bits per heavy atom. The van der Waals surface area contributed by atoms with Gasteiger partial charge in [0.05, 0.1) is 16.9 Å². The maximum absolute atomic E-state index is 14.7. The minimum atomic E-state index is -1.09. The number of carbonyl (C=O) groups excluding carboxylic acids is 1. The third-order valence-corrected chi connectivity index (χ3v) is 6.36. The lowest BCUT2D eigenvalue weighted by Gasteiger charge is -2.34. The summed E-state index contributed by atoms with van der Waals surface area (Å²) in [6, 6.07) is 6.05. The molecule has 10 heteroatoms. The first-order valence-electron chi connectivity index (χ1n) is 10.2. The number of halogens is 1. The molecule has 0 aliphatic carbocycles. The second kappa shape index (κ2) is 9.41. The Morgan fingerprint density at radius 3 is 2.78 bits per heavy atom. The van der Waals surface area contributed by atoms with E-state index in [4.69, 9.17) is 10.8 Å². The lowest BCUT2D eigenvalue weighted by molar-refractivity contribution is 0.0696. The molecule has 0 spiro atoms. The fourth-order valence-corrected chi connectivity index (χ4v) is 4.48. The summed E-state index contributed by atoms with van der Waals surface area (Å²) >= 11 is 1.20. The first-order chi connectivity index (χ1) is 15.5. The highest BCUT2D eigenvalue weighted by Gasteiger charge is 2.24. The highest BCUT2D eigenvalue weighted by Crippen LogP contribution is 2.33. The Hall–Kier alpha value is -3.37. The van der Waals surface area contributed by atoms with Crippen molar-refractivity contribution in [2.45, 2.75) is 12.8 Å². The van der Waals surface area contributed by atoms with Gasteiger partial charge < -0.3 is 21.1 Å². The van der Waals surface area contributed by atoms with Crippen LogP contribution in [-0.2, 0) is 0 Å². The first-order valence-corrected chi connectivity index (χ1v) is 11.0. The number of nitrogens with zero attached hydrogens (tertiary/aromatic N) is 3. The number of benzene rings is 1. The van der Waals surface area contributed by atoms with Gasteiger partial charge in [-0.2, -0.15) is 0 Å². The Bertz CT molecular complexity index is 1140. The summed E-state index contributed by atoms with van der Waals surface area (Å²) in [5, 5.41) is 13.9. The van der Waals surface area contributed by atoms with Gasteiger partial charge >= 0.3 is 5.97 Å². The van der Waals surface area contributed by atoms with Crippen molar-refractivity contribution in [3.05, 3.63) is 59.1 Å². The number of anilines is 2. The normalized spacial score (nSPS) is 14.4. The molecule has 1 aromatic carbocycles. The molecule has 0 atom stereocenters. The number of carboxylic acids is 1. The van der Waals surface area contributed by atoms with Crippen LogP contribution in [0.4, 0.5) is 15.8 Å². The topological polar surface area (TPSA) is 121 Å². The monoisotopic (exact) mass is 455 g/mol. The molecule has 1 amide bonds. The number of rotatable bonds is 6. The van der Waals surface area contributed by atoms with Gasteiger partial charge in [-0.3, -0.25) is 9.78 Å². The molecule has 0 radical (unpaired) electrons. The molecular weight excluding hydrogens is 433 g/mol. The Labute approximate surface area is 187 Å². The fraction of sp³-hybridized carbons (Fsp3) is 0.273.